The minimum atomic E-state index is -4.93. The van der Waals surface area contributed by atoms with E-state index in [2.05, 4.69) is 4.74 Å². The van der Waals surface area contributed by atoms with Crippen LogP contribution in [0.25, 0.3) is 0 Å². The highest BCUT2D eigenvalue weighted by Gasteiger charge is 2.39. The van der Waals surface area contributed by atoms with Crippen LogP contribution in [0.1, 0.15) is 5.56 Å². The summed E-state index contributed by atoms with van der Waals surface area (Å²) in [6.45, 7) is -0.117. The molecular weight excluding hydrogens is 237 g/mol. The van der Waals surface area contributed by atoms with Gasteiger partial charge in [-0.05, 0) is 5.56 Å². The third-order valence-electron chi connectivity index (χ3n) is 1.83. The van der Waals surface area contributed by atoms with Crippen molar-refractivity contribution < 1.29 is 27.8 Å². The number of carboxylic acids is 1. The fourth-order valence-electron chi connectivity index (χ4n) is 1.03. The van der Waals surface area contributed by atoms with Crippen molar-refractivity contribution in [2.24, 2.45) is 0 Å². The van der Waals surface area contributed by atoms with E-state index in [-0.39, 0.29) is 12.9 Å². The number of hydrogen-bond donors (Lipinski definition) is 1. The maximum Gasteiger partial charge on any atom is 0.426 e. The van der Waals surface area contributed by atoms with Gasteiger partial charge in [-0.1, -0.05) is 30.3 Å². The largest absolute Gasteiger partial charge is 0.496 e. The SMILES string of the molecule is O=C(O)C(=COCc1ccccc1)C(F)(F)F. The van der Waals surface area contributed by atoms with Crippen LogP contribution in [-0.4, -0.2) is 17.3 Å². The van der Waals surface area contributed by atoms with Crippen molar-refractivity contribution in [3.8, 4) is 0 Å². The lowest BCUT2D eigenvalue weighted by Crippen LogP contribution is -2.20. The number of rotatable bonds is 4. The smallest absolute Gasteiger partial charge is 0.426 e. The molecule has 1 aromatic carbocycles. The molecule has 0 bridgehead atoms. The van der Waals surface area contributed by atoms with E-state index in [4.69, 9.17) is 5.11 Å². The molecule has 3 nitrogen and oxygen atoms in total. The average Bonchev–Trinajstić information content (AvgIpc) is 2.23. The van der Waals surface area contributed by atoms with Gasteiger partial charge < -0.3 is 9.84 Å². The summed E-state index contributed by atoms with van der Waals surface area (Å²) in [4.78, 5) is 10.3. The number of hydrogen-bond acceptors (Lipinski definition) is 2. The Bertz CT molecular complexity index is 410. The van der Waals surface area contributed by atoms with Crippen LogP contribution >= 0.6 is 0 Å². The Morgan fingerprint density at radius 2 is 1.88 bits per heavy atom. The second kappa shape index (κ2) is 5.38. The van der Waals surface area contributed by atoms with Gasteiger partial charge in [0.25, 0.3) is 0 Å². The minimum Gasteiger partial charge on any atom is -0.496 e. The molecule has 0 saturated carbocycles. The summed E-state index contributed by atoms with van der Waals surface area (Å²) in [6, 6.07) is 8.45. The highest BCUT2D eigenvalue weighted by Crippen LogP contribution is 2.25. The Morgan fingerprint density at radius 1 is 1.29 bits per heavy atom. The molecule has 1 N–H and O–H groups in total. The first kappa shape index (κ1) is 13.1. The van der Waals surface area contributed by atoms with E-state index in [0.29, 0.717) is 5.56 Å². The second-order valence-electron chi connectivity index (χ2n) is 3.13. The van der Waals surface area contributed by atoms with Gasteiger partial charge in [0, 0.05) is 0 Å². The van der Waals surface area contributed by atoms with Gasteiger partial charge in [0.1, 0.15) is 12.9 Å². The Labute approximate surface area is 95.1 Å². The van der Waals surface area contributed by atoms with Crippen molar-refractivity contribution in [2.45, 2.75) is 12.8 Å². The van der Waals surface area contributed by atoms with Crippen molar-refractivity contribution in [3.05, 3.63) is 47.7 Å². The Morgan fingerprint density at radius 3 is 2.35 bits per heavy atom. The first-order chi connectivity index (χ1) is 7.91. The zero-order valence-electron chi connectivity index (χ0n) is 8.57. The standard InChI is InChI=1S/C11H9F3O3/c12-11(13,14)9(10(15)16)7-17-6-8-4-2-1-3-5-8/h1-5,7H,6H2,(H,15,16). The van der Waals surface area contributed by atoms with E-state index in [1.807, 2.05) is 0 Å². The fourth-order valence-corrected chi connectivity index (χ4v) is 1.03. The highest BCUT2D eigenvalue weighted by atomic mass is 19.4. The molecule has 0 aliphatic rings. The third-order valence-corrected chi connectivity index (χ3v) is 1.83. The Hall–Kier alpha value is -1.98. The summed E-state index contributed by atoms with van der Waals surface area (Å²) in [6.07, 6.45) is -4.71. The van der Waals surface area contributed by atoms with Crippen LogP contribution in [0.5, 0.6) is 0 Å². The Kier molecular flexibility index (Phi) is 4.14. The number of alkyl halides is 3. The first-order valence-electron chi connectivity index (χ1n) is 4.57. The lowest BCUT2D eigenvalue weighted by molar-refractivity contribution is -0.145. The average molecular weight is 246 g/mol. The van der Waals surface area contributed by atoms with Crippen LogP contribution < -0.4 is 0 Å². The molecule has 0 aliphatic heterocycles. The van der Waals surface area contributed by atoms with E-state index in [1.165, 1.54) is 0 Å². The topological polar surface area (TPSA) is 46.5 Å². The van der Waals surface area contributed by atoms with Crippen molar-refractivity contribution in [1.29, 1.82) is 0 Å². The number of carbonyl (C=O) groups is 1. The summed E-state index contributed by atoms with van der Waals surface area (Å²) in [5.41, 5.74) is -1.08. The molecule has 0 aliphatic carbocycles. The normalized spacial score (nSPS) is 12.3. The maximum atomic E-state index is 12.2. The van der Waals surface area contributed by atoms with E-state index in [1.54, 1.807) is 30.3 Å². The molecule has 1 aromatic rings. The molecule has 6 heteroatoms. The van der Waals surface area contributed by atoms with Crippen LogP contribution in [0.2, 0.25) is 0 Å². The molecule has 0 radical (unpaired) electrons. The van der Waals surface area contributed by atoms with Gasteiger partial charge >= 0.3 is 12.1 Å². The molecule has 0 aromatic heterocycles. The van der Waals surface area contributed by atoms with Crippen molar-refractivity contribution in [2.75, 3.05) is 0 Å². The number of halogens is 3. The second-order valence-corrected chi connectivity index (χ2v) is 3.13. The summed E-state index contributed by atoms with van der Waals surface area (Å²) >= 11 is 0. The number of ether oxygens (including phenoxy) is 1. The molecule has 0 atom stereocenters. The predicted molar refractivity (Wildman–Crippen MR) is 53.0 cm³/mol. The molecular formula is C11H9F3O3. The van der Waals surface area contributed by atoms with Gasteiger partial charge in [0.15, 0.2) is 5.57 Å². The van der Waals surface area contributed by atoms with Gasteiger partial charge in [-0.15, -0.1) is 0 Å². The minimum absolute atomic E-state index is 0.117. The number of carboxylic acid groups (broad SMARTS) is 1. The lowest BCUT2D eigenvalue weighted by atomic mass is 10.2. The van der Waals surface area contributed by atoms with Gasteiger partial charge in [-0.25, -0.2) is 4.79 Å². The molecule has 0 fully saturated rings. The van der Waals surface area contributed by atoms with Crippen molar-refractivity contribution in [3.63, 3.8) is 0 Å². The predicted octanol–water partition coefficient (Wildman–Crippen LogP) is 2.73. The zero-order chi connectivity index (χ0) is 12.9. The van der Waals surface area contributed by atoms with Crippen LogP contribution in [0.4, 0.5) is 13.2 Å². The molecule has 0 unspecified atom stereocenters. The molecule has 0 heterocycles. The molecule has 0 saturated heterocycles. The molecule has 92 valence electrons. The van der Waals surface area contributed by atoms with Gasteiger partial charge in [-0.3, -0.25) is 0 Å². The highest BCUT2D eigenvalue weighted by molar-refractivity contribution is 5.87. The zero-order valence-corrected chi connectivity index (χ0v) is 8.57. The van der Waals surface area contributed by atoms with E-state index in [0.717, 1.165) is 0 Å². The van der Waals surface area contributed by atoms with E-state index in [9.17, 15) is 18.0 Å². The van der Waals surface area contributed by atoms with Crippen molar-refractivity contribution in [1.82, 2.24) is 0 Å². The summed E-state index contributed by atoms with van der Waals surface area (Å²) in [5, 5.41) is 8.34. The Balaban J connectivity index is 2.66. The third kappa shape index (κ3) is 4.18. The molecule has 0 spiro atoms. The number of benzene rings is 1. The van der Waals surface area contributed by atoms with E-state index < -0.39 is 17.7 Å². The molecule has 0 amide bonds. The molecule has 17 heavy (non-hydrogen) atoms. The number of aliphatic carboxylic acids is 1. The quantitative estimate of drug-likeness (QED) is 0.656. The van der Waals surface area contributed by atoms with Gasteiger partial charge in [-0.2, -0.15) is 13.2 Å². The van der Waals surface area contributed by atoms with Crippen LogP contribution in [0.3, 0.4) is 0 Å². The van der Waals surface area contributed by atoms with Crippen molar-refractivity contribution >= 4 is 5.97 Å². The summed E-state index contributed by atoms with van der Waals surface area (Å²) in [5.74, 6) is -2.06. The maximum absolute atomic E-state index is 12.2. The summed E-state index contributed by atoms with van der Waals surface area (Å²) < 4.78 is 41.1. The first-order valence-corrected chi connectivity index (χ1v) is 4.57. The van der Waals surface area contributed by atoms with Crippen LogP contribution in [0.15, 0.2) is 42.2 Å². The van der Waals surface area contributed by atoms with Gasteiger partial charge in [0.2, 0.25) is 0 Å². The lowest BCUT2D eigenvalue weighted by Gasteiger charge is -2.07. The van der Waals surface area contributed by atoms with Crippen LogP contribution in [0, 0.1) is 0 Å². The summed E-state index contributed by atoms with van der Waals surface area (Å²) in [7, 11) is 0. The monoisotopic (exact) mass is 246 g/mol. The fraction of sp³-hybridized carbons (Fsp3) is 0.182. The van der Waals surface area contributed by atoms with E-state index >= 15 is 0 Å². The van der Waals surface area contributed by atoms with Gasteiger partial charge in [0.05, 0.1) is 0 Å². The molecule has 1 rings (SSSR count). The van der Waals surface area contributed by atoms with Crippen LogP contribution in [-0.2, 0) is 16.1 Å².